The van der Waals surface area contributed by atoms with Crippen molar-refractivity contribution in [2.75, 3.05) is 16.0 Å². The fourth-order valence-electron chi connectivity index (χ4n) is 3.79. The van der Waals surface area contributed by atoms with Gasteiger partial charge in [0.2, 0.25) is 5.91 Å². The van der Waals surface area contributed by atoms with Crippen LogP contribution in [-0.2, 0) is 11.2 Å². The van der Waals surface area contributed by atoms with Crippen LogP contribution >= 0.6 is 11.8 Å². The van der Waals surface area contributed by atoms with E-state index in [1.807, 2.05) is 48.5 Å². The average molecular weight is 449 g/mol. The Labute approximate surface area is 191 Å². The van der Waals surface area contributed by atoms with Crippen molar-refractivity contribution in [2.45, 2.75) is 31.6 Å². The third kappa shape index (κ3) is 4.70. The van der Waals surface area contributed by atoms with E-state index in [0.29, 0.717) is 11.3 Å². The van der Waals surface area contributed by atoms with Crippen molar-refractivity contribution >= 4 is 35.0 Å². The molecule has 1 heterocycles. The minimum atomic E-state index is -0.446. The summed E-state index contributed by atoms with van der Waals surface area (Å²) in [5, 5.41) is 2.56. The number of nitrogens with zero attached hydrogens (tertiary/aromatic N) is 1. The van der Waals surface area contributed by atoms with Gasteiger partial charge in [-0.25, -0.2) is 4.39 Å². The van der Waals surface area contributed by atoms with Crippen LogP contribution in [0, 0.1) is 5.82 Å². The lowest BCUT2D eigenvalue weighted by molar-refractivity contribution is -0.115. The Kier molecular flexibility index (Phi) is 6.90. The van der Waals surface area contributed by atoms with Crippen LogP contribution < -0.4 is 10.2 Å². The van der Waals surface area contributed by atoms with E-state index in [4.69, 9.17) is 0 Å². The molecule has 3 aromatic carbocycles. The van der Waals surface area contributed by atoms with Gasteiger partial charge in [-0.15, -0.1) is 11.8 Å². The molecule has 3 aromatic rings. The monoisotopic (exact) mass is 448 g/mol. The molecule has 1 N–H and O–H groups in total. The standard InChI is InChI=1S/C26H25FN2O2S/c1-2-3-8-18-13-15-19(16-14-18)25(31)28-22-11-6-4-9-20(22)26-29(24(30)17-32-26)23-12-7-5-10-21(23)27/h4-7,9-16,26H,2-3,8,17H2,1H3,(H,28,31). The van der Waals surface area contributed by atoms with Gasteiger partial charge in [-0.2, -0.15) is 0 Å². The van der Waals surface area contributed by atoms with Gasteiger partial charge in [0.05, 0.1) is 11.4 Å². The van der Waals surface area contributed by atoms with Crippen LogP contribution in [0.4, 0.5) is 15.8 Å². The lowest BCUT2D eigenvalue weighted by Gasteiger charge is -2.26. The Balaban J connectivity index is 1.58. The second-order valence-corrected chi connectivity index (χ2v) is 8.79. The smallest absolute Gasteiger partial charge is 0.255 e. The maximum absolute atomic E-state index is 14.5. The quantitative estimate of drug-likeness (QED) is 0.468. The third-order valence-electron chi connectivity index (χ3n) is 5.49. The highest BCUT2D eigenvalue weighted by Gasteiger charge is 2.36. The first-order valence-corrected chi connectivity index (χ1v) is 11.8. The molecule has 4 rings (SSSR count). The van der Waals surface area contributed by atoms with E-state index < -0.39 is 11.2 Å². The van der Waals surface area contributed by atoms with E-state index in [-0.39, 0.29) is 23.3 Å². The van der Waals surface area contributed by atoms with Crippen molar-refractivity contribution in [1.82, 2.24) is 0 Å². The van der Waals surface area contributed by atoms with E-state index in [1.54, 1.807) is 18.2 Å². The zero-order valence-corrected chi connectivity index (χ0v) is 18.7. The second-order valence-electron chi connectivity index (χ2n) is 7.72. The zero-order chi connectivity index (χ0) is 22.5. The van der Waals surface area contributed by atoms with Crippen LogP contribution in [0.25, 0.3) is 0 Å². The van der Waals surface area contributed by atoms with Gasteiger partial charge in [-0.1, -0.05) is 55.8 Å². The molecule has 4 nitrogen and oxygen atoms in total. The Hall–Kier alpha value is -3.12. The van der Waals surface area contributed by atoms with Crippen molar-refractivity contribution in [1.29, 1.82) is 0 Å². The molecule has 0 aliphatic carbocycles. The number of anilines is 2. The first-order chi connectivity index (χ1) is 15.6. The number of nitrogens with one attached hydrogen (secondary N) is 1. The number of carbonyl (C=O) groups is 2. The van der Waals surface area contributed by atoms with Crippen LogP contribution in [-0.4, -0.2) is 17.6 Å². The molecule has 1 aliphatic heterocycles. The first-order valence-electron chi connectivity index (χ1n) is 10.8. The number of unbranched alkanes of at least 4 members (excludes halogenated alkanes) is 1. The molecule has 1 saturated heterocycles. The topological polar surface area (TPSA) is 49.4 Å². The van der Waals surface area contributed by atoms with Crippen molar-refractivity contribution in [3.8, 4) is 0 Å². The summed E-state index contributed by atoms with van der Waals surface area (Å²) in [6.07, 6.45) is 3.25. The second kappa shape index (κ2) is 10.0. The number of halogens is 1. The Morgan fingerprint density at radius 1 is 1.06 bits per heavy atom. The summed E-state index contributed by atoms with van der Waals surface area (Å²) in [6.45, 7) is 2.16. The van der Waals surface area contributed by atoms with Crippen molar-refractivity contribution in [2.24, 2.45) is 0 Å². The summed E-state index contributed by atoms with van der Waals surface area (Å²) in [4.78, 5) is 27.0. The Morgan fingerprint density at radius 2 is 1.78 bits per heavy atom. The first kappa shape index (κ1) is 22.1. The molecule has 1 fully saturated rings. The molecule has 2 amide bonds. The van der Waals surface area contributed by atoms with Crippen LogP contribution in [0.2, 0.25) is 0 Å². The van der Waals surface area contributed by atoms with Crippen LogP contribution in [0.5, 0.6) is 0 Å². The van der Waals surface area contributed by atoms with Gasteiger partial charge in [0, 0.05) is 16.8 Å². The Bertz CT molecular complexity index is 1120. The fourth-order valence-corrected chi connectivity index (χ4v) is 4.99. The Morgan fingerprint density at radius 3 is 2.53 bits per heavy atom. The van der Waals surface area contributed by atoms with Crippen molar-refractivity contribution in [3.63, 3.8) is 0 Å². The molecule has 1 unspecified atom stereocenters. The summed E-state index contributed by atoms with van der Waals surface area (Å²) in [6, 6.07) is 21.3. The highest BCUT2D eigenvalue weighted by molar-refractivity contribution is 8.00. The SMILES string of the molecule is CCCCc1ccc(C(=O)Nc2ccccc2C2SCC(=O)N2c2ccccc2F)cc1. The summed E-state index contributed by atoms with van der Waals surface area (Å²) in [7, 11) is 0. The van der Waals surface area contributed by atoms with Gasteiger partial charge in [0.1, 0.15) is 11.2 Å². The molecular weight excluding hydrogens is 423 g/mol. The van der Waals surface area contributed by atoms with Crippen LogP contribution in [0.15, 0.2) is 72.8 Å². The van der Waals surface area contributed by atoms with Gasteiger partial charge in [-0.05, 0) is 48.7 Å². The predicted molar refractivity (Wildman–Crippen MR) is 129 cm³/mol. The number of para-hydroxylation sites is 2. The molecule has 0 radical (unpaired) electrons. The molecule has 0 saturated carbocycles. The third-order valence-corrected chi connectivity index (χ3v) is 6.68. The van der Waals surface area contributed by atoms with Crippen LogP contribution in [0.1, 0.15) is 46.6 Å². The number of amides is 2. The molecule has 32 heavy (non-hydrogen) atoms. The average Bonchev–Trinajstić information content (AvgIpc) is 3.19. The van der Waals surface area contributed by atoms with E-state index in [0.717, 1.165) is 24.8 Å². The lowest BCUT2D eigenvalue weighted by atomic mass is 10.1. The maximum atomic E-state index is 14.5. The summed E-state index contributed by atoms with van der Waals surface area (Å²) < 4.78 is 14.5. The van der Waals surface area contributed by atoms with E-state index >= 15 is 0 Å². The van der Waals surface area contributed by atoms with Crippen molar-refractivity contribution in [3.05, 3.63) is 95.3 Å². The molecule has 1 atom stereocenters. The predicted octanol–water partition coefficient (Wildman–Crippen LogP) is 6.20. The highest BCUT2D eigenvalue weighted by Crippen LogP contribution is 2.44. The number of aryl methyl sites for hydroxylation is 1. The molecule has 0 aromatic heterocycles. The molecule has 1 aliphatic rings. The van der Waals surface area contributed by atoms with E-state index in [9.17, 15) is 14.0 Å². The highest BCUT2D eigenvalue weighted by atomic mass is 32.2. The number of hydrogen-bond acceptors (Lipinski definition) is 3. The van der Waals surface area contributed by atoms with E-state index in [1.165, 1.54) is 28.3 Å². The zero-order valence-electron chi connectivity index (χ0n) is 17.9. The molecule has 164 valence electrons. The number of rotatable bonds is 7. The number of hydrogen-bond donors (Lipinski definition) is 1. The van der Waals surface area contributed by atoms with Gasteiger partial charge < -0.3 is 5.32 Å². The number of thioether (sulfide) groups is 1. The molecule has 0 spiro atoms. The largest absolute Gasteiger partial charge is 0.322 e. The summed E-state index contributed by atoms with van der Waals surface area (Å²) in [5.41, 5.74) is 3.41. The number of carbonyl (C=O) groups excluding carboxylic acids is 2. The van der Waals surface area contributed by atoms with Gasteiger partial charge in [0.15, 0.2) is 0 Å². The maximum Gasteiger partial charge on any atom is 0.255 e. The van der Waals surface area contributed by atoms with Crippen molar-refractivity contribution < 1.29 is 14.0 Å². The minimum Gasteiger partial charge on any atom is -0.322 e. The molecule has 0 bridgehead atoms. The lowest BCUT2D eigenvalue weighted by Crippen LogP contribution is -2.29. The van der Waals surface area contributed by atoms with Crippen LogP contribution in [0.3, 0.4) is 0 Å². The molecular formula is C26H25FN2O2S. The van der Waals surface area contributed by atoms with Gasteiger partial charge >= 0.3 is 0 Å². The van der Waals surface area contributed by atoms with Gasteiger partial charge in [0.25, 0.3) is 5.91 Å². The minimum absolute atomic E-state index is 0.158. The summed E-state index contributed by atoms with van der Waals surface area (Å²) >= 11 is 1.42. The number of benzene rings is 3. The normalized spacial score (nSPS) is 15.8. The van der Waals surface area contributed by atoms with E-state index in [2.05, 4.69) is 12.2 Å². The fraction of sp³-hybridized carbons (Fsp3) is 0.231. The summed E-state index contributed by atoms with van der Waals surface area (Å²) in [5.74, 6) is -0.571. The van der Waals surface area contributed by atoms with Gasteiger partial charge in [-0.3, -0.25) is 14.5 Å². The molecule has 6 heteroatoms.